The first-order chi connectivity index (χ1) is 3.63. The molecule has 8 heavy (non-hydrogen) atoms. The smallest absolute Gasteiger partial charge is 0.303 e. The molecule has 0 aliphatic heterocycles. The number of hydrogen-bond donors (Lipinski definition) is 2. The fraction of sp³-hybridized carbons (Fsp3) is 0.800. The van der Waals surface area contributed by atoms with Crippen LogP contribution in [0.15, 0.2) is 0 Å². The van der Waals surface area contributed by atoms with Gasteiger partial charge in [0, 0.05) is 6.42 Å². The molecule has 1 atom stereocenters. The Bertz CT molecular complexity index is 77.7. The predicted molar refractivity (Wildman–Crippen MR) is 28.6 cm³/mol. The highest BCUT2D eigenvalue weighted by Gasteiger charge is 1.99. The molecule has 0 saturated heterocycles. The number of rotatable bonds is 3. The molecule has 0 aliphatic rings. The summed E-state index contributed by atoms with van der Waals surface area (Å²) in [6, 6.07) is 0. The Morgan fingerprint density at radius 2 is 2.25 bits per heavy atom. The number of aliphatic hydroxyl groups excluding tert-OH is 1. The molecular weight excluding hydrogens is 108 g/mol. The number of hydrogen-bond acceptors (Lipinski definition) is 2. The van der Waals surface area contributed by atoms with Gasteiger partial charge in [-0.1, -0.05) is 0 Å². The van der Waals surface area contributed by atoms with Gasteiger partial charge in [0.05, 0.1) is 6.10 Å². The van der Waals surface area contributed by atoms with E-state index in [0.29, 0.717) is 6.42 Å². The fourth-order valence-electron chi connectivity index (χ4n) is 0.332. The molecule has 0 rings (SSSR count). The van der Waals surface area contributed by atoms with Crippen LogP contribution in [-0.2, 0) is 4.79 Å². The first kappa shape index (κ1) is 7.43. The lowest BCUT2D eigenvalue weighted by molar-refractivity contribution is -0.137. The van der Waals surface area contributed by atoms with Gasteiger partial charge in [-0.05, 0) is 13.3 Å². The third-order valence-electron chi connectivity index (χ3n) is 0.776. The van der Waals surface area contributed by atoms with Crippen LogP contribution in [0.4, 0.5) is 0 Å². The monoisotopic (exact) mass is 118 g/mol. The Morgan fingerprint density at radius 1 is 1.75 bits per heavy atom. The summed E-state index contributed by atoms with van der Waals surface area (Å²) < 4.78 is 0. The molecule has 0 fully saturated rings. The van der Waals surface area contributed by atoms with Crippen LogP contribution in [0.1, 0.15) is 19.8 Å². The van der Waals surface area contributed by atoms with Crippen LogP contribution in [0.25, 0.3) is 0 Å². The van der Waals surface area contributed by atoms with E-state index in [0.717, 1.165) is 0 Å². The predicted octanol–water partition coefficient (Wildman–Crippen LogP) is 0.232. The summed E-state index contributed by atoms with van der Waals surface area (Å²) in [6.07, 6.45) is -0.0985. The summed E-state index contributed by atoms with van der Waals surface area (Å²) in [5.74, 6) is -0.856. The van der Waals surface area contributed by atoms with Gasteiger partial charge >= 0.3 is 5.97 Å². The minimum atomic E-state index is -0.856. The van der Waals surface area contributed by atoms with Gasteiger partial charge in [0.2, 0.25) is 0 Å². The number of carboxylic acid groups (broad SMARTS) is 1. The Morgan fingerprint density at radius 3 is 2.38 bits per heavy atom. The number of carbonyl (C=O) groups is 1. The van der Waals surface area contributed by atoms with E-state index in [1.54, 1.807) is 6.92 Å². The molecule has 0 spiro atoms. The highest BCUT2D eigenvalue weighted by molar-refractivity contribution is 5.66. The van der Waals surface area contributed by atoms with Crippen molar-refractivity contribution in [3.63, 3.8) is 0 Å². The molecule has 3 heteroatoms. The van der Waals surface area contributed by atoms with Gasteiger partial charge in [0.25, 0.3) is 0 Å². The zero-order valence-corrected chi connectivity index (χ0v) is 4.79. The van der Waals surface area contributed by atoms with E-state index < -0.39 is 12.1 Å². The van der Waals surface area contributed by atoms with Gasteiger partial charge < -0.3 is 10.2 Å². The van der Waals surface area contributed by atoms with E-state index in [1.807, 2.05) is 0 Å². The number of carboxylic acids is 1. The van der Waals surface area contributed by atoms with Gasteiger partial charge in [-0.15, -0.1) is 0 Å². The lowest BCUT2D eigenvalue weighted by Gasteiger charge is -1.97. The first-order valence-corrected chi connectivity index (χ1v) is 2.53. The lowest BCUT2D eigenvalue weighted by atomic mass is 10.2. The normalized spacial score (nSPS) is 13.2. The van der Waals surface area contributed by atoms with Crippen molar-refractivity contribution < 1.29 is 15.0 Å². The third-order valence-corrected chi connectivity index (χ3v) is 0.776. The number of aliphatic carboxylic acids is 1. The second-order valence-corrected chi connectivity index (χ2v) is 1.78. The van der Waals surface area contributed by atoms with Crippen LogP contribution in [0.5, 0.6) is 0 Å². The summed E-state index contributed by atoms with van der Waals surface area (Å²) >= 11 is 0. The van der Waals surface area contributed by atoms with Crippen molar-refractivity contribution in [3.8, 4) is 0 Å². The zero-order valence-electron chi connectivity index (χ0n) is 4.79. The molecule has 2 N–H and O–H groups in total. The fourth-order valence-corrected chi connectivity index (χ4v) is 0.332. The van der Waals surface area contributed by atoms with Crippen molar-refractivity contribution in [2.24, 2.45) is 0 Å². The summed E-state index contributed by atoms with van der Waals surface area (Å²) in [5, 5.41) is 16.6. The maximum absolute atomic E-state index is 9.79. The number of aliphatic hydroxyl groups is 1. The zero-order chi connectivity index (χ0) is 6.57. The topological polar surface area (TPSA) is 57.5 Å². The van der Waals surface area contributed by atoms with Crippen molar-refractivity contribution in [2.45, 2.75) is 25.9 Å². The second kappa shape index (κ2) is 3.43. The van der Waals surface area contributed by atoms with E-state index in [-0.39, 0.29) is 6.42 Å². The molecule has 0 aromatic rings. The first-order valence-electron chi connectivity index (χ1n) is 2.53. The quantitative estimate of drug-likeness (QED) is 0.557. The highest BCUT2D eigenvalue weighted by Crippen LogP contribution is 1.93. The largest absolute Gasteiger partial charge is 0.481 e. The second-order valence-electron chi connectivity index (χ2n) is 1.78. The molecule has 0 radical (unpaired) electrons. The van der Waals surface area contributed by atoms with Crippen molar-refractivity contribution >= 4 is 5.97 Å². The molecule has 0 saturated carbocycles. The van der Waals surface area contributed by atoms with Crippen LogP contribution in [-0.4, -0.2) is 22.3 Å². The van der Waals surface area contributed by atoms with Crippen molar-refractivity contribution in [1.82, 2.24) is 0 Å². The molecule has 0 unspecified atom stereocenters. The maximum Gasteiger partial charge on any atom is 0.303 e. The molecule has 0 aromatic heterocycles. The molecular formula is C5H10O3. The minimum Gasteiger partial charge on any atom is -0.481 e. The average molecular weight is 118 g/mol. The molecule has 0 bridgehead atoms. The Hall–Kier alpha value is -0.570. The SMILES string of the molecule is C[C@@H](O)CCC(=O)O. The highest BCUT2D eigenvalue weighted by atomic mass is 16.4. The summed E-state index contributed by atoms with van der Waals surface area (Å²) in [5.41, 5.74) is 0. The minimum absolute atomic E-state index is 0.0532. The van der Waals surface area contributed by atoms with Crippen LogP contribution in [0.2, 0.25) is 0 Å². The standard InChI is InChI=1S/C5H10O3/c1-4(6)2-3-5(7)8/h4,6H,2-3H2,1H3,(H,7,8)/t4-/m1/s1. The summed E-state index contributed by atoms with van der Waals surface area (Å²) in [6.45, 7) is 1.57. The van der Waals surface area contributed by atoms with Crippen molar-refractivity contribution in [2.75, 3.05) is 0 Å². The van der Waals surface area contributed by atoms with E-state index >= 15 is 0 Å². The van der Waals surface area contributed by atoms with Gasteiger partial charge in [-0.2, -0.15) is 0 Å². The van der Waals surface area contributed by atoms with Gasteiger partial charge in [-0.25, -0.2) is 0 Å². The molecule has 0 amide bonds. The third kappa shape index (κ3) is 5.43. The molecule has 0 aliphatic carbocycles. The van der Waals surface area contributed by atoms with Crippen molar-refractivity contribution in [1.29, 1.82) is 0 Å². The van der Waals surface area contributed by atoms with Crippen LogP contribution in [0.3, 0.4) is 0 Å². The van der Waals surface area contributed by atoms with Gasteiger partial charge in [0.1, 0.15) is 0 Å². The molecule has 0 heterocycles. The Balaban J connectivity index is 3.05. The van der Waals surface area contributed by atoms with Gasteiger partial charge in [-0.3, -0.25) is 4.79 Å². The van der Waals surface area contributed by atoms with Gasteiger partial charge in [0.15, 0.2) is 0 Å². The van der Waals surface area contributed by atoms with E-state index in [1.165, 1.54) is 0 Å². The Kier molecular flexibility index (Phi) is 3.19. The summed E-state index contributed by atoms with van der Waals surface area (Å²) in [7, 11) is 0. The van der Waals surface area contributed by atoms with E-state index in [4.69, 9.17) is 10.2 Å². The maximum atomic E-state index is 9.79. The molecule has 3 nitrogen and oxygen atoms in total. The van der Waals surface area contributed by atoms with Crippen molar-refractivity contribution in [3.05, 3.63) is 0 Å². The average Bonchev–Trinajstić information content (AvgIpc) is 1.61. The Labute approximate surface area is 47.9 Å². The molecule has 48 valence electrons. The van der Waals surface area contributed by atoms with E-state index in [9.17, 15) is 4.79 Å². The van der Waals surface area contributed by atoms with E-state index in [2.05, 4.69) is 0 Å². The lowest BCUT2D eigenvalue weighted by Crippen LogP contribution is -2.03. The summed E-state index contributed by atoms with van der Waals surface area (Å²) in [4.78, 5) is 9.79. The van der Waals surface area contributed by atoms with Crippen LogP contribution in [0, 0.1) is 0 Å². The molecule has 0 aromatic carbocycles. The van der Waals surface area contributed by atoms with Crippen LogP contribution >= 0.6 is 0 Å². The van der Waals surface area contributed by atoms with Crippen LogP contribution < -0.4 is 0 Å².